The Hall–Kier alpha value is -0.200. The van der Waals surface area contributed by atoms with Crippen LogP contribution in [0.15, 0.2) is 0 Å². The second-order valence-electron chi connectivity index (χ2n) is 5.83. The molecular formula is C14H28N4O. The van der Waals surface area contributed by atoms with Crippen LogP contribution in [-0.4, -0.2) is 72.7 Å². The summed E-state index contributed by atoms with van der Waals surface area (Å²) < 4.78 is 5.50. The van der Waals surface area contributed by atoms with Gasteiger partial charge < -0.3 is 4.74 Å². The van der Waals surface area contributed by atoms with Gasteiger partial charge in [-0.1, -0.05) is 12.8 Å². The van der Waals surface area contributed by atoms with Gasteiger partial charge in [-0.15, -0.1) is 0 Å². The number of piperidine rings is 1. The number of hydrogen-bond donors (Lipinski definition) is 0. The Morgan fingerprint density at radius 2 is 0.947 bits per heavy atom. The van der Waals surface area contributed by atoms with Crippen molar-refractivity contribution in [2.75, 3.05) is 52.5 Å². The van der Waals surface area contributed by atoms with Crippen molar-refractivity contribution in [3.05, 3.63) is 0 Å². The lowest BCUT2D eigenvalue weighted by Crippen LogP contribution is -2.62. The zero-order valence-corrected chi connectivity index (χ0v) is 12.1. The van der Waals surface area contributed by atoms with E-state index < -0.39 is 0 Å². The van der Waals surface area contributed by atoms with Gasteiger partial charge >= 0.3 is 0 Å². The van der Waals surface area contributed by atoms with Crippen molar-refractivity contribution in [3.8, 4) is 0 Å². The van der Waals surface area contributed by atoms with Crippen LogP contribution in [0.5, 0.6) is 0 Å². The van der Waals surface area contributed by atoms with Gasteiger partial charge in [0, 0.05) is 39.3 Å². The molecule has 19 heavy (non-hydrogen) atoms. The summed E-state index contributed by atoms with van der Waals surface area (Å²) in [7, 11) is 0. The Labute approximate surface area is 117 Å². The monoisotopic (exact) mass is 268 g/mol. The van der Waals surface area contributed by atoms with E-state index >= 15 is 0 Å². The fourth-order valence-electron chi connectivity index (χ4n) is 3.38. The fourth-order valence-corrected chi connectivity index (χ4v) is 3.38. The highest BCUT2D eigenvalue weighted by Gasteiger charge is 2.30. The molecule has 3 aliphatic heterocycles. The van der Waals surface area contributed by atoms with Gasteiger partial charge in [0.15, 0.2) is 0 Å². The molecule has 3 heterocycles. The van der Waals surface area contributed by atoms with Crippen molar-refractivity contribution in [1.82, 2.24) is 20.3 Å². The molecule has 5 nitrogen and oxygen atoms in total. The fraction of sp³-hybridized carbons (Fsp3) is 1.00. The van der Waals surface area contributed by atoms with Crippen molar-refractivity contribution in [1.29, 1.82) is 0 Å². The SMILES string of the molecule is C1CCN(N2CCCCCN2N2CCOCC2)CC1. The van der Waals surface area contributed by atoms with Crippen LogP contribution in [0, 0.1) is 0 Å². The molecule has 0 atom stereocenters. The minimum atomic E-state index is 0.879. The number of nitrogens with zero attached hydrogens (tertiary/aromatic N) is 4. The smallest absolute Gasteiger partial charge is 0.0608 e. The quantitative estimate of drug-likeness (QED) is 0.751. The summed E-state index contributed by atoms with van der Waals surface area (Å²) in [4.78, 5) is 0. The molecule has 0 saturated carbocycles. The van der Waals surface area contributed by atoms with Crippen LogP contribution in [0.1, 0.15) is 38.5 Å². The first-order valence-corrected chi connectivity index (χ1v) is 8.07. The third-order valence-corrected chi connectivity index (χ3v) is 4.46. The van der Waals surface area contributed by atoms with Crippen LogP contribution in [-0.2, 0) is 4.74 Å². The third kappa shape index (κ3) is 3.47. The van der Waals surface area contributed by atoms with Gasteiger partial charge in [0.2, 0.25) is 0 Å². The van der Waals surface area contributed by atoms with E-state index in [0.29, 0.717) is 0 Å². The number of morpholine rings is 1. The summed E-state index contributed by atoms with van der Waals surface area (Å²) in [5.41, 5.74) is 0. The number of hydrogen-bond acceptors (Lipinski definition) is 5. The number of ether oxygens (including phenoxy) is 1. The molecule has 0 bridgehead atoms. The predicted molar refractivity (Wildman–Crippen MR) is 75.1 cm³/mol. The zero-order chi connectivity index (χ0) is 12.9. The standard InChI is InChI=1S/C14H28N4O/c1-3-7-15(8-4-1)17-9-5-2-6-10-18(17)16-11-13-19-14-12-16/h1-14H2. The largest absolute Gasteiger partial charge is 0.379 e. The lowest BCUT2D eigenvalue weighted by Gasteiger charge is -2.48. The maximum atomic E-state index is 5.50. The minimum absolute atomic E-state index is 0.879. The average Bonchev–Trinajstić information content (AvgIpc) is 2.75. The van der Waals surface area contributed by atoms with E-state index in [9.17, 15) is 0 Å². The van der Waals surface area contributed by atoms with Gasteiger partial charge in [-0.25, -0.2) is 10.0 Å². The summed E-state index contributed by atoms with van der Waals surface area (Å²) in [6.07, 6.45) is 8.13. The molecule has 0 radical (unpaired) electrons. The first kappa shape index (κ1) is 13.8. The molecule has 0 aliphatic carbocycles. The maximum Gasteiger partial charge on any atom is 0.0608 e. The highest BCUT2D eigenvalue weighted by atomic mass is 16.5. The van der Waals surface area contributed by atoms with Gasteiger partial charge in [-0.3, -0.25) is 0 Å². The van der Waals surface area contributed by atoms with Gasteiger partial charge in [0.25, 0.3) is 0 Å². The average molecular weight is 268 g/mol. The molecule has 3 saturated heterocycles. The topological polar surface area (TPSA) is 22.2 Å². The zero-order valence-electron chi connectivity index (χ0n) is 12.1. The number of rotatable bonds is 2. The Morgan fingerprint density at radius 1 is 0.474 bits per heavy atom. The summed E-state index contributed by atoms with van der Waals surface area (Å²) in [5.74, 6) is 0. The molecule has 0 N–H and O–H groups in total. The van der Waals surface area contributed by atoms with Crippen molar-refractivity contribution < 1.29 is 4.74 Å². The molecule has 110 valence electrons. The molecule has 3 fully saturated rings. The predicted octanol–water partition coefficient (Wildman–Crippen LogP) is 1.34. The van der Waals surface area contributed by atoms with Crippen molar-refractivity contribution >= 4 is 0 Å². The van der Waals surface area contributed by atoms with Crippen LogP contribution in [0.25, 0.3) is 0 Å². The van der Waals surface area contributed by atoms with E-state index in [1.807, 2.05) is 0 Å². The van der Waals surface area contributed by atoms with Crippen LogP contribution in [0.3, 0.4) is 0 Å². The Balaban J connectivity index is 1.68. The van der Waals surface area contributed by atoms with E-state index in [0.717, 1.165) is 26.3 Å². The molecular weight excluding hydrogens is 240 g/mol. The second-order valence-corrected chi connectivity index (χ2v) is 5.83. The Morgan fingerprint density at radius 3 is 1.53 bits per heavy atom. The van der Waals surface area contributed by atoms with Gasteiger partial charge in [0.1, 0.15) is 0 Å². The second kappa shape index (κ2) is 6.99. The van der Waals surface area contributed by atoms with Crippen molar-refractivity contribution in [3.63, 3.8) is 0 Å². The van der Waals surface area contributed by atoms with E-state index in [1.54, 1.807) is 0 Å². The molecule has 0 unspecified atom stereocenters. The van der Waals surface area contributed by atoms with Gasteiger partial charge in [0.05, 0.1) is 13.2 Å². The minimum Gasteiger partial charge on any atom is -0.379 e. The maximum absolute atomic E-state index is 5.50. The molecule has 3 rings (SSSR count). The number of hydrazine groups is 3. The molecule has 3 aliphatic rings. The summed E-state index contributed by atoms with van der Waals surface area (Å²) in [6, 6.07) is 0. The van der Waals surface area contributed by atoms with Crippen LogP contribution >= 0.6 is 0 Å². The molecule has 0 spiro atoms. The Kier molecular flexibility index (Phi) is 5.07. The van der Waals surface area contributed by atoms with E-state index in [4.69, 9.17) is 4.74 Å². The summed E-state index contributed by atoms with van der Waals surface area (Å²) in [5, 5.41) is 10.2. The molecule has 0 aromatic carbocycles. The summed E-state index contributed by atoms with van der Waals surface area (Å²) in [6.45, 7) is 8.69. The van der Waals surface area contributed by atoms with Crippen LogP contribution < -0.4 is 0 Å². The molecule has 0 aromatic heterocycles. The first-order valence-electron chi connectivity index (χ1n) is 8.07. The highest BCUT2D eigenvalue weighted by Crippen LogP contribution is 2.20. The van der Waals surface area contributed by atoms with Gasteiger partial charge in [-0.2, -0.15) is 10.2 Å². The Bertz CT molecular complexity index is 238. The lowest BCUT2D eigenvalue weighted by atomic mass is 10.2. The lowest BCUT2D eigenvalue weighted by molar-refractivity contribution is -0.288. The normalized spacial score (nSPS) is 30.3. The van der Waals surface area contributed by atoms with Crippen LogP contribution in [0.4, 0.5) is 0 Å². The molecule has 0 amide bonds. The van der Waals surface area contributed by atoms with Crippen molar-refractivity contribution in [2.24, 2.45) is 0 Å². The van der Waals surface area contributed by atoms with E-state index in [2.05, 4.69) is 20.3 Å². The van der Waals surface area contributed by atoms with E-state index in [-0.39, 0.29) is 0 Å². The third-order valence-electron chi connectivity index (χ3n) is 4.46. The van der Waals surface area contributed by atoms with E-state index in [1.165, 1.54) is 64.7 Å². The highest BCUT2D eigenvalue weighted by molar-refractivity contribution is 4.68. The molecule has 0 aromatic rings. The van der Waals surface area contributed by atoms with Crippen molar-refractivity contribution in [2.45, 2.75) is 38.5 Å². The molecule has 5 heteroatoms. The summed E-state index contributed by atoms with van der Waals surface area (Å²) >= 11 is 0. The van der Waals surface area contributed by atoms with Gasteiger partial charge in [-0.05, 0) is 25.7 Å². The first-order chi connectivity index (χ1) is 9.45. The van der Waals surface area contributed by atoms with Crippen LogP contribution in [0.2, 0.25) is 0 Å².